The number of nitrogens with zero attached hydrogens (tertiary/aromatic N) is 1. The predicted molar refractivity (Wildman–Crippen MR) is 76.2 cm³/mol. The van der Waals surface area contributed by atoms with E-state index in [0.29, 0.717) is 6.04 Å². The summed E-state index contributed by atoms with van der Waals surface area (Å²) in [6.45, 7) is 4.92. The van der Waals surface area contributed by atoms with Gasteiger partial charge in [-0.05, 0) is 32.4 Å². The molecule has 0 bridgehead atoms. The van der Waals surface area contributed by atoms with Gasteiger partial charge in [0.2, 0.25) is 0 Å². The normalized spacial score (nSPS) is 23.7. The number of thiazole rings is 1. The van der Waals surface area contributed by atoms with Gasteiger partial charge in [-0.2, -0.15) is 0 Å². The van der Waals surface area contributed by atoms with Crippen LogP contribution in [-0.2, 0) is 4.74 Å². The molecule has 2 atom stereocenters. The first-order chi connectivity index (χ1) is 8.63. The van der Waals surface area contributed by atoms with Crippen LogP contribution in [0.2, 0.25) is 0 Å². The first kappa shape index (κ1) is 11.7. The minimum Gasteiger partial charge on any atom is -0.397 e. The van der Waals surface area contributed by atoms with Gasteiger partial charge in [-0.3, -0.25) is 0 Å². The van der Waals surface area contributed by atoms with E-state index in [4.69, 9.17) is 10.5 Å². The van der Waals surface area contributed by atoms with Crippen LogP contribution in [0.5, 0.6) is 0 Å². The summed E-state index contributed by atoms with van der Waals surface area (Å²) in [6.07, 6.45) is 1.26. The molecule has 3 N–H and O–H groups in total. The average molecular weight is 263 g/mol. The Morgan fingerprint density at radius 3 is 3.06 bits per heavy atom. The highest BCUT2D eigenvalue weighted by Gasteiger charge is 2.24. The molecule has 96 valence electrons. The van der Waals surface area contributed by atoms with E-state index < -0.39 is 0 Å². The van der Waals surface area contributed by atoms with Crippen LogP contribution >= 0.6 is 11.3 Å². The highest BCUT2D eigenvalue weighted by molar-refractivity contribution is 7.18. The number of anilines is 2. The molecular weight excluding hydrogens is 246 g/mol. The topological polar surface area (TPSA) is 60.2 Å². The highest BCUT2D eigenvalue weighted by Crippen LogP contribution is 2.31. The number of fused-ring (bicyclic) bond motifs is 1. The van der Waals surface area contributed by atoms with Crippen molar-refractivity contribution in [3.63, 3.8) is 0 Å². The molecule has 2 heterocycles. The lowest BCUT2D eigenvalue weighted by Gasteiger charge is -2.18. The lowest BCUT2D eigenvalue weighted by Crippen LogP contribution is -2.27. The summed E-state index contributed by atoms with van der Waals surface area (Å²) < 4.78 is 6.70. The van der Waals surface area contributed by atoms with E-state index in [1.807, 2.05) is 19.1 Å². The van der Waals surface area contributed by atoms with Crippen molar-refractivity contribution in [3.05, 3.63) is 17.1 Å². The number of rotatable bonds is 2. The Labute approximate surface area is 110 Å². The molecule has 1 aliphatic rings. The second kappa shape index (κ2) is 4.40. The third kappa shape index (κ3) is 2.04. The smallest absolute Gasteiger partial charge is 0.0907 e. The van der Waals surface area contributed by atoms with Gasteiger partial charge in [0.1, 0.15) is 0 Å². The molecular formula is C13H17N3OS. The SMILES string of the molecule is Cc1nc2cc(NC3CCOC3C)c(N)cc2s1. The molecule has 2 unspecified atom stereocenters. The minimum absolute atomic E-state index is 0.234. The van der Waals surface area contributed by atoms with Crippen LogP contribution in [-0.4, -0.2) is 23.7 Å². The van der Waals surface area contributed by atoms with Gasteiger partial charge in [-0.15, -0.1) is 11.3 Å². The van der Waals surface area contributed by atoms with Crippen molar-refractivity contribution in [2.24, 2.45) is 0 Å². The predicted octanol–water partition coefficient (Wildman–Crippen LogP) is 2.78. The summed E-state index contributed by atoms with van der Waals surface area (Å²) in [5.41, 5.74) is 8.86. The van der Waals surface area contributed by atoms with Crippen LogP contribution in [0.3, 0.4) is 0 Å². The van der Waals surface area contributed by atoms with Crippen molar-refractivity contribution in [3.8, 4) is 0 Å². The molecule has 0 aliphatic carbocycles. The van der Waals surface area contributed by atoms with Crippen molar-refractivity contribution in [1.82, 2.24) is 4.98 Å². The van der Waals surface area contributed by atoms with E-state index >= 15 is 0 Å². The molecule has 0 spiro atoms. The third-order valence-electron chi connectivity index (χ3n) is 3.38. The summed E-state index contributed by atoms with van der Waals surface area (Å²) >= 11 is 1.67. The lowest BCUT2D eigenvalue weighted by atomic mass is 10.1. The zero-order valence-electron chi connectivity index (χ0n) is 10.6. The standard InChI is InChI=1S/C13H17N3OS/c1-7-10(3-4-17-7)16-11-6-12-13(5-9(11)14)18-8(2)15-12/h5-7,10,16H,3-4,14H2,1-2H3. The Balaban J connectivity index is 1.93. The number of nitrogens with one attached hydrogen (secondary N) is 1. The summed E-state index contributed by atoms with van der Waals surface area (Å²) in [4.78, 5) is 4.50. The zero-order chi connectivity index (χ0) is 12.7. The fourth-order valence-corrected chi connectivity index (χ4v) is 3.21. The molecule has 1 saturated heterocycles. The second-order valence-corrected chi connectivity index (χ2v) is 5.99. The maximum atomic E-state index is 6.10. The van der Waals surface area contributed by atoms with Crippen LogP contribution in [0.1, 0.15) is 18.4 Å². The zero-order valence-corrected chi connectivity index (χ0v) is 11.4. The molecule has 0 amide bonds. The van der Waals surface area contributed by atoms with Crippen LogP contribution in [0.25, 0.3) is 10.2 Å². The molecule has 0 radical (unpaired) electrons. The van der Waals surface area contributed by atoms with E-state index in [2.05, 4.69) is 17.2 Å². The fourth-order valence-electron chi connectivity index (χ4n) is 2.35. The molecule has 1 fully saturated rings. The maximum Gasteiger partial charge on any atom is 0.0907 e. The highest BCUT2D eigenvalue weighted by atomic mass is 32.1. The second-order valence-electron chi connectivity index (χ2n) is 4.76. The monoisotopic (exact) mass is 263 g/mol. The van der Waals surface area contributed by atoms with Crippen LogP contribution in [0.15, 0.2) is 12.1 Å². The Kier molecular flexibility index (Phi) is 2.87. The van der Waals surface area contributed by atoms with E-state index in [1.165, 1.54) is 0 Å². The Bertz CT molecular complexity index is 581. The van der Waals surface area contributed by atoms with E-state index in [0.717, 1.165) is 39.6 Å². The number of aromatic nitrogens is 1. The van der Waals surface area contributed by atoms with Crippen LogP contribution in [0, 0.1) is 6.92 Å². The van der Waals surface area contributed by atoms with Crippen molar-refractivity contribution in [2.75, 3.05) is 17.7 Å². The van der Waals surface area contributed by atoms with Crippen molar-refractivity contribution in [1.29, 1.82) is 0 Å². The quantitative estimate of drug-likeness (QED) is 0.818. The fraction of sp³-hybridized carbons (Fsp3) is 0.462. The van der Waals surface area contributed by atoms with Gasteiger partial charge in [0, 0.05) is 6.61 Å². The molecule has 3 rings (SSSR count). The number of nitrogen functional groups attached to an aromatic ring is 1. The number of hydrogen-bond donors (Lipinski definition) is 2. The minimum atomic E-state index is 0.234. The van der Waals surface area contributed by atoms with Crippen molar-refractivity contribution < 1.29 is 4.74 Å². The Morgan fingerprint density at radius 2 is 2.33 bits per heavy atom. The van der Waals surface area contributed by atoms with Gasteiger partial charge < -0.3 is 15.8 Å². The average Bonchev–Trinajstić information content (AvgIpc) is 2.85. The molecule has 18 heavy (non-hydrogen) atoms. The Hall–Kier alpha value is -1.33. The summed E-state index contributed by atoms with van der Waals surface area (Å²) in [7, 11) is 0. The number of nitrogens with two attached hydrogens (primary N) is 1. The van der Waals surface area contributed by atoms with Crippen LogP contribution < -0.4 is 11.1 Å². The van der Waals surface area contributed by atoms with E-state index in [-0.39, 0.29) is 6.10 Å². The van der Waals surface area contributed by atoms with Crippen LogP contribution in [0.4, 0.5) is 11.4 Å². The van der Waals surface area contributed by atoms with Gasteiger partial charge in [0.25, 0.3) is 0 Å². The summed E-state index contributed by atoms with van der Waals surface area (Å²) in [6, 6.07) is 4.38. The molecule has 2 aromatic rings. The van der Waals surface area contributed by atoms with E-state index in [1.54, 1.807) is 11.3 Å². The van der Waals surface area contributed by atoms with Gasteiger partial charge in [0.05, 0.1) is 38.7 Å². The third-order valence-corrected chi connectivity index (χ3v) is 4.32. The van der Waals surface area contributed by atoms with Gasteiger partial charge in [0.15, 0.2) is 0 Å². The number of aryl methyl sites for hydroxylation is 1. The lowest BCUT2D eigenvalue weighted by molar-refractivity contribution is 0.121. The first-order valence-electron chi connectivity index (χ1n) is 6.18. The molecule has 5 heteroatoms. The van der Waals surface area contributed by atoms with Gasteiger partial charge in [-0.1, -0.05) is 0 Å². The largest absolute Gasteiger partial charge is 0.397 e. The van der Waals surface area contributed by atoms with E-state index in [9.17, 15) is 0 Å². The summed E-state index contributed by atoms with van der Waals surface area (Å²) in [5.74, 6) is 0. The molecule has 1 aromatic carbocycles. The van der Waals surface area contributed by atoms with Gasteiger partial charge in [-0.25, -0.2) is 4.98 Å². The Morgan fingerprint density at radius 1 is 1.50 bits per heavy atom. The van der Waals surface area contributed by atoms with Crippen molar-refractivity contribution >= 4 is 32.9 Å². The molecule has 1 aromatic heterocycles. The number of benzene rings is 1. The maximum absolute atomic E-state index is 6.10. The first-order valence-corrected chi connectivity index (χ1v) is 7.00. The summed E-state index contributed by atoms with van der Waals surface area (Å²) in [5, 5.41) is 4.54. The molecule has 1 aliphatic heterocycles. The number of hydrogen-bond acceptors (Lipinski definition) is 5. The molecule has 0 saturated carbocycles. The number of ether oxygens (including phenoxy) is 1. The van der Waals surface area contributed by atoms with Gasteiger partial charge >= 0.3 is 0 Å². The molecule has 4 nitrogen and oxygen atoms in total. The van der Waals surface area contributed by atoms with Crippen molar-refractivity contribution in [2.45, 2.75) is 32.4 Å².